The SMILES string of the molecule is CCCNC(=O)c1oc2ccc3c(c2c1C)C(=O)CC(C)(c1ccc(Cl)cc1)O3. The highest BCUT2D eigenvalue weighted by atomic mass is 35.5. The molecule has 0 aliphatic carbocycles. The van der Waals surface area contributed by atoms with Crippen LogP contribution in [0.3, 0.4) is 0 Å². The maximum Gasteiger partial charge on any atom is 0.287 e. The molecule has 0 fully saturated rings. The monoisotopic (exact) mass is 411 g/mol. The minimum atomic E-state index is -0.790. The zero-order valence-electron chi connectivity index (χ0n) is 16.6. The van der Waals surface area contributed by atoms with Crippen molar-refractivity contribution in [3.63, 3.8) is 0 Å². The van der Waals surface area contributed by atoms with Crippen LogP contribution in [-0.4, -0.2) is 18.2 Å². The number of ether oxygens (including phenoxy) is 1. The molecule has 1 unspecified atom stereocenters. The summed E-state index contributed by atoms with van der Waals surface area (Å²) >= 11 is 6.00. The Bertz CT molecular complexity index is 1120. The van der Waals surface area contributed by atoms with E-state index in [9.17, 15) is 9.59 Å². The van der Waals surface area contributed by atoms with Crippen LogP contribution in [0.4, 0.5) is 0 Å². The number of aryl methyl sites for hydroxylation is 1. The Hall–Kier alpha value is -2.79. The minimum Gasteiger partial charge on any atom is -0.482 e. The Morgan fingerprint density at radius 2 is 1.93 bits per heavy atom. The molecule has 1 N–H and O–H groups in total. The number of ketones is 1. The van der Waals surface area contributed by atoms with Crippen molar-refractivity contribution >= 4 is 34.3 Å². The normalized spacial score (nSPS) is 18.4. The van der Waals surface area contributed by atoms with Gasteiger partial charge in [-0.25, -0.2) is 0 Å². The fraction of sp³-hybridized carbons (Fsp3) is 0.304. The topological polar surface area (TPSA) is 68.5 Å². The average Bonchev–Trinajstić information content (AvgIpc) is 3.03. The van der Waals surface area contributed by atoms with Gasteiger partial charge < -0.3 is 14.5 Å². The van der Waals surface area contributed by atoms with Gasteiger partial charge in [0.2, 0.25) is 0 Å². The van der Waals surface area contributed by atoms with Gasteiger partial charge in [-0.2, -0.15) is 0 Å². The highest BCUT2D eigenvalue weighted by molar-refractivity contribution is 6.30. The van der Waals surface area contributed by atoms with Crippen LogP contribution in [0.2, 0.25) is 5.02 Å². The lowest BCUT2D eigenvalue weighted by Crippen LogP contribution is -2.36. The Morgan fingerprint density at radius 1 is 1.21 bits per heavy atom. The Labute approximate surface area is 174 Å². The minimum absolute atomic E-state index is 0.0429. The molecule has 0 saturated heterocycles. The van der Waals surface area contributed by atoms with E-state index < -0.39 is 5.60 Å². The van der Waals surface area contributed by atoms with E-state index in [4.69, 9.17) is 20.8 Å². The van der Waals surface area contributed by atoms with Gasteiger partial charge in [-0.15, -0.1) is 0 Å². The molecule has 3 aromatic rings. The number of hydrogen-bond donors (Lipinski definition) is 1. The first-order valence-corrected chi connectivity index (χ1v) is 10.0. The third kappa shape index (κ3) is 3.29. The van der Waals surface area contributed by atoms with E-state index in [1.807, 2.05) is 26.0 Å². The number of amides is 1. The van der Waals surface area contributed by atoms with E-state index in [1.54, 1.807) is 31.2 Å². The van der Waals surface area contributed by atoms with Gasteiger partial charge in [0.25, 0.3) is 5.91 Å². The lowest BCUT2D eigenvalue weighted by Gasteiger charge is -2.35. The van der Waals surface area contributed by atoms with Gasteiger partial charge in [-0.1, -0.05) is 30.7 Å². The summed E-state index contributed by atoms with van der Waals surface area (Å²) in [6.45, 7) is 6.24. The van der Waals surface area contributed by atoms with Crippen molar-refractivity contribution in [3.8, 4) is 5.75 Å². The average molecular weight is 412 g/mol. The third-order valence-corrected chi connectivity index (χ3v) is 5.62. The smallest absolute Gasteiger partial charge is 0.287 e. The maximum absolute atomic E-state index is 13.2. The summed E-state index contributed by atoms with van der Waals surface area (Å²) in [7, 11) is 0. The number of fused-ring (bicyclic) bond motifs is 3. The lowest BCUT2D eigenvalue weighted by atomic mass is 9.84. The number of carbonyl (C=O) groups excluding carboxylic acids is 2. The van der Waals surface area contributed by atoms with E-state index in [0.717, 1.165) is 12.0 Å². The molecular formula is C23H22ClNO4. The highest BCUT2D eigenvalue weighted by Crippen LogP contribution is 2.44. The standard InChI is InChI=1S/C23H22ClNO4/c1-4-11-25-22(27)21-13(2)19-17(28-21)9-10-18-20(19)16(26)12-23(3,29-18)14-5-7-15(24)8-6-14/h5-10H,4,11-12H2,1-3H3,(H,25,27). The zero-order chi connectivity index (χ0) is 20.8. The van der Waals surface area contributed by atoms with Gasteiger partial charge in [-0.05, 0) is 50.1 Å². The van der Waals surface area contributed by atoms with Crippen molar-refractivity contribution in [2.75, 3.05) is 6.54 Å². The molecule has 2 aromatic carbocycles. The summed E-state index contributed by atoms with van der Waals surface area (Å²) in [5.41, 5.74) is 1.73. The number of furan rings is 1. The number of benzene rings is 2. The molecule has 1 aliphatic rings. The Kier molecular flexibility index (Phi) is 4.87. The van der Waals surface area contributed by atoms with Crippen LogP contribution in [0.1, 0.15) is 58.7 Å². The number of rotatable bonds is 4. The molecule has 1 aromatic heterocycles. The van der Waals surface area contributed by atoms with Crippen molar-refractivity contribution in [1.82, 2.24) is 5.32 Å². The Balaban J connectivity index is 1.79. The first-order chi connectivity index (χ1) is 13.8. The van der Waals surface area contributed by atoms with Crippen molar-refractivity contribution < 1.29 is 18.7 Å². The van der Waals surface area contributed by atoms with Crippen LogP contribution in [0.15, 0.2) is 40.8 Å². The van der Waals surface area contributed by atoms with Crippen LogP contribution in [0, 0.1) is 6.92 Å². The van der Waals surface area contributed by atoms with Crippen LogP contribution in [0.5, 0.6) is 5.75 Å². The number of carbonyl (C=O) groups is 2. The summed E-state index contributed by atoms with van der Waals surface area (Å²) in [5, 5.41) is 4.10. The predicted octanol–water partition coefficient (Wildman–Crippen LogP) is 5.42. The van der Waals surface area contributed by atoms with Gasteiger partial charge in [0, 0.05) is 22.5 Å². The first-order valence-electron chi connectivity index (χ1n) is 9.66. The van der Waals surface area contributed by atoms with Gasteiger partial charge >= 0.3 is 0 Å². The number of nitrogens with one attached hydrogen (secondary N) is 1. The summed E-state index contributed by atoms with van der Waals surface area (Å²) in [6.07, 6.45) is 1.01. The molecule has 2 heterocycles. The van der Waals surface area contributed by atoms with Crippen molar-refractivity contribution in [2.24, 2.45) is 0 Å². The molecule has 0 radical (unpaired) electrons. The van der Waals surface area contributed by atoms with E-state index >= 15 is 0 Å². The van der Waals surface area contributed by atoms with E-state index in [1.165, 1.54) is 0 Å². The number of halogens is 1. The molecule has 5 nitrogen and oxygen atoms in total. The molecule has 1 atom stereocenters. The van der Waals surface area contributed by atoms with E-state index in [0.29, 0.717) is 39.4 Å². The van der Waals surface area contributed by atoms with Gasteiger partial charge in [-0.3, -0.25) is 9.59 Å². The van der Waals surface area contributed by atoms with Crippen molar-refractivity contribution in [2.45, 2.75) is 39.2 Å². The van der Waals surface area contributed by atoms with Crippen molar-refractivity contribution in [3.05, 3.63) is 63.9 Å². The fourth-order valence-electron chi connectivity index (χ4n) is 3.86. The van der Waals surface area contributed by atoms with Gasteiger partial charge in [0.05, 0.1) is 12.0 Å². The number of hydrogen-bond acceptors (Lipinski definition) is 4. The fourth-order valence-corrected chi connectivity index (χ4v) is 3.98. The molecule has 0 spiro atoms. The summed E-state index contributed by atoms with van der Waals surface area (Å²) in [6, 6.07) is 10.8. The van der Waals surface area contributed by atoms with Gasteiger partial charge in [0.1, 0.15) is 16.9 Å². The lowest BCUT2D eigenvalue weighted by molar-refractivity contribution is 0.0507. The zero-order valence-corrected chi connectivity index (χ0v) is 17.4. The highest BCUT2D eigenvalue weighted by Gasteiger charge is 2.40. The van der Waals surface area contributed by atoms with E-state index in [2.05, 4.69) is 5.32 Å². The third-order valence-electron chi connectivity index (χ3n) is 5.37. The van der Waals surface area contributed by atoms with Crippen LogP contribution in [0.25, 0.3) is 11.0 Å². The Morgan fingerprint density at radius 3 is 2.62 bits per heavy atom. The second-order valence-corrected chi connectivity index (χ2v) is 8.00. The van der Waals surface area contributed by atoms with Crippen molar-refractivity contribution in [1.29, 1.82) is 0 Å². The molecule has 4 rings (SSSR count). The molecule has 1 amide bonds. The predicted molar refractivity (Wildman–Crippen MR) is 112 cm³/mol. The number of Topliss-reactive ketones (excluding diaryl/α,β-unsaturated/α-hetero) is 1. The van der Waals surface area contributed by atoms with Gasteiger partial charge in [0.15, 0.2) is 11.5 Å². The summed E-state index contributed by atoms with van der Waals surface area (Å²) < 4.78 is 12.1. The largest absolute Gasteiger partial charge is 0.482 e. The molecule has 150 valence electrons. The molecule has 0 saturated carbocycles. The molecule has 6 heteroatoms. The molecular weight excluding hydrogens is 390 g/mol. The molecule has 1 aliphatic heterocycles. The summed E-state index contributed by atoms with van der Waals surface area (Å²) in [4.78, 5) is 25.6. The molecule has 0 bridgehead atoms. The quantitative estimate of drug-likeness (QED) is 0.622. The maximum atomic E-state index is 13.2. The first kappa shape index (κ1) is 19.5. The van der Waals surface area contributed by atoms with Crippen LogP contribution >= 0.6 is 11.6 Å². The van der Waals surface area contributed by atoms with Crippen LogP contribution in [-0.2, 0) is 5.60 Å². The molecule has 29 heavy (non-hydrogen) atoms. The second kappa shape index (κ2) is 7.23. The van der Waals surface area contributed by atoms with E-state index in [-0.39, 0.29) is 23.9 Å². The van der Waals surface area contributed by atoms with Crippen LogP contribution < -0.4 is 10.1 Å². The summed E-state index contributed by atoms with van der Waals surface area (Å²) in [5.74, 6) is 0.416. The second-order valence-electron chi connectivity index (χ2n) is 7.56.